The van der Waals surface area contributed by atoms with E-state index < -0.39 is 0 Å². The van der Waals surface area contributed by atoms with Crippen LogP contribution < -0.4 is 0 Å². The van der Waals surface area contributed by atoms with E-state index in [1.807, 2.05) is 19.1 Å². The van der Waals surface area contributed by atoms with Gasteiger partial charge in [0.15, 0.2) is 5.82 Å². The molecule has 0 bridgehead atoms. The van der Waals surface area contributed by atoms with Crippen molar-refractivity contribution < 1.29 is 0 Å². The average molecular weight is 209 g/mol. The van der Waals surface area contributed by atoms with Gasteiger partial charge in [-0.2, -0.15) is 0 Å². The van der Waals surface area contributed by atoms with Gasteiger partial charge < -0.3 is 4.98 Å². The van der Waals surface area contributed by atoms with E-state index in [9.17, 15) is 0 Å². The minimum atomic E-state index is 0.631. The zero-order chi connectivity index (χ0) is 11.1. The van der Waals surface area contributed by atoms with Crippen molar-refractivity contribution in [1.29, 1.82) is 5.53 Å². The smallest absolute Gasteiger partial charge is 0.160 e. The molecule has 1 heterocycles. The molecular formula is C13H11N3. The lowest BCUT2D eigenvalue weighted by molar-refractivity contribution is 1.07. The first-order valence-corrected chi connectivity index (χ1v) is 5.18. The van der Waals surface area contributed by atoms with E-state index in [1.54, 1.807) is 0 Å². The molecular weight excluding hydrogens is 198 g/mol. The topological polar surface area (TPSA) is 52.0 Å². The number of benzene rings is 1. The summed E-state index contributed by atoms with van der Waals surface area (Å²) >= 11 is 0. The fraction of sp³-hybridized carbons (Fsp3) is 0.0769. The zero-order valence-electron chi connectivity index (χ0n) is 8.91. The third kappa shape index (κ3) is 1.15. The maximum atomic E-state index is 7.19. The van der Waals surface area contributed by atoms with Gasteiger partial charge in [-0.3, -0.25) is 0 Å². The Labute approximate surface area is 93.0 Å². The number of aromatic amines is 1. The molecule has 2 N–H and O–H groups in total. The predicted octanol–water partition coefficient (Wildman–Crippen LogP) is 4.24. The maximum Gasteiger partial charge on any atom is 0.160 e. The molecule has 0 saturated carbocycles. The van der Waals surface area contributed by atoms with Crippen LogP contribution in [0.5, 0.6) is 0 Å². The Hall–Kier alpha value is -2.16. The molecule has 0 aromatic heterocycles. The fourth-order valence-electron chi connectivity index (χ4n) is 2.19. The summed E-state index contributed by atoms with van der Waals surface area (Å²) in [7, 11) is 0. The number of nitrogens with zero attached hydrogens (tertiary/aromatic N) is 1. The minimum absolute atomic E-state index is 0.631. The third-order valence-corrected chi connectivity index (χ3v) is 2.88. The number of aryl methyl sites for hydroxylation is 1. The molecule has 1 aromatic rings. The number of aromatic nitrogens is 1. The van der Waals surface area contributed by atoms with Crippen LogP contribution in [0.25, 0.3) is 21.9 Å². The standard InChI is InChI=1S/C13H11N3/c1-8-6-11-10-5-3-2-4-9(10)7-12(11)13(15-8)16-14/h2-7,14-15H,1H3. The first kappa shape index (κ1) is 9.09. The summed E-state index contributed by atoms with van der Waals surface area (Å²) in [6.45, 7) is 1.98. The molecule has 2 aliphatic rings. The lowest BCUT2D eigenvalue weighted by atomic mass is 10.1. The van der Waals surface area contributed by atoms with Crippen LogP contribution in [0.3, 0.4) is 0 Å². The highest BCUT2D eigenvalue weighted by molar-refractivity contribution is 6.04. The number of hydrogen-bond donors (Lipinski definition) is 2. The van der Waals surface area contributed by atoms with Gasteiger partial charge in [-0.15, -0.1) is 5.11 Å². The molecule has 0 spiro atoms. The lowest BCUT2D eigenvalue weighted by Crippen LogP contribution is -1.85. The molecule has 1 aromatic carbocycles. The fourth-order valence-corrected chi connectivity index (χ4v) is 2.19. The van der Waals surface area contributed by atoms with Crippen LogP contribution in [0.4, 0.5) is 5.82 Å². The van der Waals surface area contributed by atoms with Gasteiger partial charge in [0.2, 0.25) is 0 Å². The van der Waals surface area contributed by atoms with Gasteiger partial charge in [0.1, 0.15) is 0 Å². The molecule has 3 nitrogen and oxygen atoms in total. The highest BCUT2D eigenvalue weighted by Crippen LogP contribution is 2.39. The first-order chi connectivity index (χ1) is 7.79. The van der Waals surface area contributed by atoms with E-state index in [4.69, 9.17) is 5.53 Å². The van der Waals surface area contributed by atoms with E-state index >= 15 is 0 Å². The number of fused-ring (bicyclic) bond motifs is 3. The number of rotatable bonds is 1. The monoisotopic (exact) mass is 209 g/mol. The van der Waals surface area contributed by atoms with Crippen LogP contribution in [-0.4, -0.2) is 4.98 Å². The average Bonchev–Trinajstić information content (AvgIpc) is 2.67. The van der Waals surface area contributed by atoms with Crippen molar-refractivity contribution in [2.45, 2.75) is 6.92 Å². The van der Waals surface area contributed by atoms with Gasteiger partial charge in [-0.05, 0) is 35.4 Å². The molecule has 0 unspecified atom stereocenters. The molecule has 0 radical (unpaired) electrons. The minimum Gasteiger partial charge on any atom is -0.342 e. The van der Waals surface area contributed by atoms with Gasteiger partial charge >= 0.3 is 0 Å². The van der Waals surface area contributed by atoms with Gasteiger partial charge in [-0.1, -0.05) is 24.3 Å². The molecule has 3 rings (SSSR count). The Bertz CT molecular complexity index is 652. The van der Waals surface area contributed by atoms with Crippen LogP contribution in [0.1, 0.15) is 5.69 Å². The Balaban J connectivity index is 2.51. The van der Waals surface area contributed by atoms with Gasteiger partial charge in [0, 0.05) is 11.3 Å². The van der Waals surface area contributed by atoms with Crippen LogP contribution in [-0.2, 0) is 0 Å². The van der Waals surface area contributed by atoms with Crippen LogP contribution in [0, 0.1) is 12.5 Å². The molecule has 1 aliphatic carbocycles. The summed E-state index contributed by atoms with van der Waals surface area (Å²) in [4.78, 5) is 3.11. The second-order valence-corrected chi connectivity index (χ2v) is 3.97. The van der Waals surface area contributed by atoms with Gasteiger partial charge in [-0.25, -0.2) is 5.53 Å². The lowest BCUT2D eigenvalue weighted by Gasteiger charge is -2.05. The number of hydrogen-bond acceptors (Lipinski definition) is 2. The van der Waals surface area contributed by atoms with Crippen molar-refractivity contribution in [2.75, 3.05) is 0 Å². The molecule has 78 valence electrons. The quantitative estimate of drug-likeness (QED) is 0.563. The summed E-state index contributed by atoms with van der Waals surface area (Å²) in [5, 5.41) is 5.97. The van der Waals surface area contributed by atoms with Crippen molar-refractivity contribution in [1.82, 2.24) is 4.98 Å². The summed E-state index contributed by atoms with van der Waals surface area (Å²) in [6, 6.07) is 12.4. The largest absolute Gasteiger partial charge is 0.342 e. The second kappa shape index (κ2) is 3.17. The summed E-state index contributed by atoms with van der Waals surface area (Å²) in [5.41, 5.74) is 10.4. The molecule has 0 amide bonds. The van der Waals surface area contributed by atoms with E-state index in [2.05, 4.69) is 34.4 Å². The number of nitrogens with one attached hydrogen (secondary N) is 2. The highest BCUT2D eigenvalue weighted by Gasteiger charge is 2.14. The molecule has 3 heteroatoms. The normalized spacial score (nSPS) is 11.1. The Morgan fingerprint density at radius 1 is 1.12 bits per heavy atom. The van der Waals surface area contributed by atoms with E-state index in [1.165, 1.54) is 10.8 Å². The molecule has 0 fully saturated rings. The van der Waals surface area contributed by atoms with Crippen LogP contribution in [0.2, 0.25) is 0 Å². The van der Waals surface area contributed by atoms with E-state index in [0.717, 1.165) is 16.8 Å². The maximum absolute atomic E-state index is 7.19. The van der Waals surface area contributed by atoms with Crippen LogP contribution >= 0.6 is 0 Å². The van der Waals surface area contributed by atoms with Crippen molar-refractivity contribution >= 4 is 16.6 Å². The summed E-state index contributed by atoms with van der Waals surface area (Å²) in [5.74, 6) is 0.631. The third-order valence-electron chi connectivity index (χ3n) is 2.88. The summed E-state index contributed by atoms with van der Waals surface area (Å²) in [6.07, 6.45) is 0. The van der Waals surface area contributed by atoms with Crippen molar-refractivity contribution in [3.05, 3.63) is 42.1 Å². The molecule has 16 heavy (non-hydrogen) atoms. The number of H-pyrrole nitrogens is 1. The van der Waals surface area contributed by atoms with Gasteiger partial charge in [0.05, 0.1) is 0 Å². The van der Waals surface area contributed by atoms with E-state index in [-0.39, 0.29) is 0 Å². The van der Waals surface area contributed by atoms with Crippen molar-refractivity contribution in [3.63, 3.8) is 0 Å². The van der Waals surface area contributed by atoms with Crippen LogP contribution in [0.15, 0.2) is 41.5 Å². The molecule has 0 atom stereocenters. The predicted molar refractivity (Wildman–Crippen MR) is 64.5 cm³/mol. The highest BCUT2D eigenvalue weighted by atomic mass is 15.0. The SMILES string of the molecule is Cc1cc2c3ccccc3cc-2c(N=N)[nH]1. The molecule has 1 aliphatic heterocycles. The van der Waals surface area contributed by atoms with Gasteiger partial charge in [0.25, 0.3) is 0 Å². The van der Waals surface area contributed by atoms with Crippen molar-refractivity contribution in [3.8, 4) is 11.1 Å². The Morgan fingerprint density at radius 3 is 2.75 bits per heavy atom. The summed E-state index contributed by atoms with van der Waals surface area (Å²) < 4.78 is 0. The Morgan fingerprint density at radius 2 is 1.94 bits per heavy atom. The van der Waals surface area contributed by atoms with E-state index in [0.29, 0.717) is 5.82 Å². The molecule has 0 saturated heterocycles. The number of pyridine rings is 1. The second-order valence-electron chi connectivity index (χ2n) is 3.97. The Kier molecular flexibility index (Phi) is 1.80. The zero-order valence-corrected chi connectivity index (χ0v) is 8.91. The first-order valence-electron chi connectivity index (χ1n) is 5.18. The van der Waals surface area contributed by atoms with Crippen molar-refractivity contribution in [2.24, 2.45) is 5.11 Å².